The molecule has 6 rings (SSSR count). The molecule has 0 unspecified atom stereocenters. The molecule has 1 aromatic heterocycles. The molecule has 0 spiro atoms. The molecular formula is C40H45F4N5O6S. The number of sulfonamides is 1. The van der Waals surface area contributed by atoms with Crippen LogP contribution in [0.25, 0.3) is 10.8 Å². The zero-order valence-corrected chi connectivity index (χ0v) is 31.7. The Balaban J connectivity index is 1.30. The molecule has 5 atom stereocenters. The highest BCUT2D eigenvalue weighted by atomic mass is 32.2. The molecule has 3 aromatic rings. The fraction of sp³-hybridized carbons (Fsp3) is 0.450. The van der Waals surface area contributed by atoms with E-state index < -0.39 is 79.7 Å². The minimum Gasteiger partial charge on any atom is -0.488 e. The maximum absolute atomic E-state index is 14.6. The number of unbranched alkanes of at least 4 members (excludes halogenated alkanes) is 3. The van der Waals surface area contributed by atoms with E-state index in [2.05, 4.69) is 33.5 Å². The Morgan fingerprint density at radius 1 is 1.11 bits per heavy atom. The van der Waals surface area contributed by atoms with Crippen molar-refractivity contribution < 1.29 is 45.1 Å². The molecule has 3 N–H and O–H groups in total. The van der Waals surface area contributed by atoms with Crippen LogP contribution in [0.2, 0.25) is 0 Å². The fourth-order valence-corrected chi connectivity index (χ4v) is 8.48. The lowest BCUT2D eigenvalue weighted by molar-refractivity contribution is -0.140. The minimum absolute atomic E-state index is 0.0503. The number of ether oxygens (including phenoxy) is 1. The van der Waals surface area contributed by atoms with Crippen molar-refractivity contribution in [3.8, 4) is 5.75 Å². The van der Waals surface area contributed by atoms with Crippen LogP contribution in [0.3, 0.4) is 0 Å². The number of fused-ring (bicyclic) bond motifs is 1. The first-order valence-electron chi connectivity index (χ1n) is 18.6. The number of nitrogens with zero attached hydrogens (tertiary/aromatic N) is 2. The second-order valence-corrected chi connectivity index (χ2v) is 17.3. The summed E-state index contributed by atoms with van der Waals surface area (Å²) in [5.41, 5.74) is -3.16. The Morgan fingerprint density at radius 3 is 2.55 bits per heavy atom. The van der Waals surface area contributed by atoms with Gasteiger partial charge in [-0.25, -0.2) is 12.8 Å². The third-order valence-corrected chi connectivity index (χ3v) is 13.1. The van der Waals surface area contributed by atoms with Crippen molar-refractivity contribution in [2.75, 3.05) is 11.9 Å². The predicted octanol–water partition coefficient (Wildman–Crippen LogP) is 6.42. The summed E-state index contributed by atoms with van der Waals surface area (Å²) in [4.78, 5) is 48.0. The predicted molar refractivity (Wildman–Crippen MR) is 202 cm³/mol. The molecule has 2 aliphatic carbocycles. The van der Waals surface area contributed by atoms with E-state index in [0.717, 1.165) is 23.9 Å². The van der Waals surface area contributed by atoms with Crippen molar-refractivity contribution in [3.05, 3.63) is 91.5 Å². The quantitative estimate of drug-likeness (QED) is 0.0807. The van der Waals surface area contributed by atoms with Gasteiger partial charge in [-0.2, -0.15) is 13.2 Å². The van der Waals surface area contributed by atoms with Crippen LogP contribution in [0.15, 0.2) is 80.2 Å². The van der Waals surface area contributed by atoms with Gasteiger partial charge in [0.25, 0.3) is 5.91 Å². The van der Waals surface area contributed by atoms with Gasteiger partial charge >= 0.3 is 6.18 Å². The van der Waals surface area contributed by atoms with E-state index >= 15 is 0 Å². The van der Waals surface area contributed by atoms with Gasteiger partial charge < -0.3 is 20.3 Å². The Hall–Kier alpha value is -4.99. The molecule has 2 aromatic carbocycles. The van der Waals surface area contributed by atoms with Crippen molar-refractivity contribution >= 4 is 44.2 Å². The third-order valence-electron chi connectivity index (χ3n) is 10.9. The lowest BCUT2D eigenvalue weighted by Crippen LogP contribution is -2.58. The van der Waals surface area contributed by atoms with Crippen LogP contribution in [-0.4, -0.2) is 71.0 Å². The zero-order valence-electron chi connectivity index (χ0n) is 30.9. The van der Waals surface area contributed by atoms with Gasteiger partial charge in [0.2, 0.25) is 21.8 Å². The summed E-state index contributed by atoms with van der Waals surface area (Å²) in [6, 6.07) is 6.66. The van der Waals surface area contributed by atoms with Crippen LogP contribution in [0.5, 0.6) is 5.75 Å². The van der Waals surface area contributed by atoms with E-state index in [9.17, 15) is 40.4 Å². The zero-order chi connectivity index (χ0) is 40.5. The molecule has 2 saturated carbocycles. The largest absolute Gasteiger partial charge is 0.488 e. The highest BCUT2D eigenvalue weighted by Crippen LogP contribution is 2.47. The highest BCUT2D eigenvalue weighted by Gasteiger charge is 2.63. The second-order valence-electron chi connectivity index (χ2n) is 15.1. The van der Waals surface area contributed by atoms with Crippen molar-refractivity contribution in [3.63, 3.8) is 0 Å². The first kappa shape index (κ1) is 40.7. The van der Waals surface area contributed by atoms with E-state index in [1.165, 1.54) is 17.9 Å². The molecule has 0 bridgehead atoms. The van der Waals surface area contributed by atoms with Gasteiger partial charge in [-0.1, -0.05) is 37.1 Å². The number of likely N-dealkylation sites (tertiary alicyclic amines) is 1. The third kappa shape index (κ3) is 8.69. The summed E-state index contributed by atoms with van der Waals surface area (Å²) in [5.74, 6) is -3.64. The summed E-state index contributed by atoms with van der Waals surface area (Å²) in [6.07, 6.45) is 4.29. The molecule has 3 aliphatic rings. The van der Waals surface area contributed by atoms with Crippen LogP contribution >= 0.6 is 0 Å². The Morgan fingerprint density at radius 2 is 1.88 bits per heavy atom. The molecule has 300 valence electrons. The number of aromatic nitrogens is 1. The van der Waals surface area contributed by atoms with Crippen LogP contribution < -0.4 is 20.1 Å². The summed E-state index contributed by atoms with van der Waals surface area (Å²) in [7, 11) is -4.06. The Labute approximate surface area is 323 Å². The van der Waals surface area contributed by atoms with E-state index in [1.807, 2.05) is 6.07 Å². The normalized spacial score (nSPS) is 23.2. The van der Waals surface area contributed by atoms with Gasteiger partial charge in [-0.05, 0) is 81.2 Å². The maximum Gasteiger partial charge on any atom is 0.416 e. The summed E-state index contributed by atoms with van der Waals surface area (Å²) < 4.78 is 89.0. The fourth-order valence-electron chi connectivity index (χ4n) is 7.17. The number of hydrogen-bond donors (Lipinski definition) is 3. The highest BCUT2D eigenvalue weighted by molar-refractivity contribution is 7.91. The number of allylic oxidation sites excluding steroid dienone is 1. The summed E-state index contributed by atoms with van der Waals surface area (Å²) in [5, 5.41) is 7.06. The number of pyridine rings is 1. The molecule has 3 amide bonds. The minimum atomic E-state index is -4.85. The van der Waals surface area contributed by atoms with Gasteiger partial charge in [0.05, 0.1) is 16.9 Å². The molecule has 1 saturated heterocycles. The first-order valence-corrected chi connectivity index (χ1v) is 20.0. The molecule has 56 heavy (non-hydrogen) atoms. The lowest BCUT2D eigenvalue weighted by atomic mass is 10.0. The monoisotopic (exact) mass is 799 g/mol. The average molecular weight is 800 g/mol. The van der Waals surface area contributed by atoms with Crippen LogP contribution in [0.4, 0.5) is 23.2 Å². The van der Waals surface area contributed by atoms with E-state index in [0.29, 0.717) is 49.3 Å². The van der Waals surface area contributed by atoms with Crippen molar-refractivity contribution in [2.45, 2.75) is 99.4 Å². The van der Waals surface area contributed by atoms with Crippen molar-refractivity contribution in [2.24, 2.45) is 5.92 Å². The molecule has 3 fully saturated rings. The molecule has 1 aliphatic heterocycles. The number of rotatable bonds is 17. The average Bonchev–Trinajstić information content (AvgIpc) is 4.04. The molecule has 16 heteroatoms. The number of amides is 3. The number of halogens is 4. The van der Waals surface area contributed by atoms with E-state index in [4.69, 9.17) is 4.74 Å². The van der Waals surface area contributed by atoms with Gasteiger partial charge in [-0.3, -0.25) is 24.1 Å². The standard InChI is InChI=1S/C40H45F4N5O6S/c1-4-6-7-8-9-12-32(46-29-19-27(40(42,43)44)18-28(41)20-29)36(51)49-24-30(55-34-13-10-11-25-14-17-45-23-31(25)34)21-33(49)35(50)47-39(22-26(39)5-2)37(52)48-56(53,54)38(3)15-16-38/h4-5,10-11,13-14,17-20,23,26,30,32-33,46H,1-2,6-9,12,15-16,21-22,24H2,3H3,(H,47,50)(H,48,52)/t26-,30-,32+,33+,39-/m1/s1. The van der Waals surface area contributed by atoms with Gasteiger partial charge in [-0.15, -0.1) is 13.2 Å². The van der Waals surface area contributed by atoms with E-state index in [-0.39, 0.29) is 31.5 Å². The number of nitrogens with one attached hydrogen (secondary N) is 3. The Bertz CT molecular complexity index is 2120. The first-order chi connectivity index (χ1) is 26.5. The second kappa shape index (κ2) is 15.9. The number of alkyl halides is 3. The van der Waals surface area contributed by atoms with Gasteiger partial charge in [0.1, 0.15) is 35.3 Å². The number of carbonyl (C=O) groups is 3. The van der Waals surface area contributed by atoms with E-state index in [1.54, 1.807) is 36.7 Å². The van der Waals surface area contributed by atoms with Crippen molar-refractivity contribution in [1.29, 1.82) is 0 Å². The van der Waals surface area contributed by atoms with Crippen LogP contribution in [0.1, 0.15) is 70.3 Å². The number of anilines is 1. The summed E-state index contributed by atoms with van der Waals surface area (Å²) in [6.45, 7) is 8.85. The number of hydrogen-bond acceptors (Lipinski definition) is 8. The van der Waals surface area contributed by atoms with Crippen LogP contribution in [0, 0.1) is 11.7 Å². The van der Waals surface area contributed by atoms with Crippen LogP contribution in [-0.2, 0) is 30.6 Å². The molecular weight excluding hydrogens is 755 g/mol. The lowest BCUT2D eigenvalue weighted by Gasteiger charge is -2.30. The molecule has 2 heterocycles. The maximum atomic E-state index is 14.6. The summed E-state index contributed by atoms with van der Waals surface area (Å²) >= 11 is 0. The smallest absolute Gasteiger partial charge is 0.416 e. The number of benzene rings is 2. The topological polar surface area (TPSA) is 147 Å². The van der Waals surface area contributed by atoms with Gasteiger partial charge in [0, 0.05) is 35.8 Å². The molecule has 0 radical (unpaired) electrons. The SMILES string of the molecule is C=CCCCCC[C@H](Nc1cc(F)cc(C(F)(F)F)c1)C(=O)N1C[C@H](Oc2cccc3ccncc23)C[C@H]1C(=O)N[C@]1(C(=O)NS(=O)(=O)C2(C)CC2)C[C@H]1C=C. The number of carbonyl (C=O) groups excluding carboxylic acids is 3. The molecule has 11 nitrogen and oxygen atoms in total. The Kier molecular flexibility index (Phi) is 11.5. The van der Waals surface area contributed by atoms with Crippen molar-refractivity contribution in [1.82, 2.24) is 19.9 Å². The van der Waals surface area contributed by atoms with Gasteiger partial charge in [0.15, 0.2) is 0 Å².